The number of aliphatic hydroxyl groups is 1. The van der Waals surface area contributed by atoms with Gasteiger partial charge < -0.3 is 24.6 Å². The lowest BCUT2D eigenvalue weighted by atomic mass is 10.2. The first kappa shape index (κ1) is 21.1. The monoisotopic (exact) mass is 323 g/mol. The predicted octanol–water partition coefficient (Wildman–Crippen LogP) is 1.54. The molecule has 2 N–H and O–H groups in total. The predicted molar refractivity (Wildman–Crippen MR) is 89.2 cm³/mol. The van der Waals surface area contributed by atoms with Crippen LogP contribution in [-0.2, 0) is 14.2 Å². The van der Waals surface area contributed by atoms with Gasteiger partial charge in [-0.2, -0.15) is 11.8 Å². The summed E-state index contributed by atoms with van der Waals surface area (Å²) < 4.78 is 16.3. The van der Waals surface area contributed by atoms with Gasteiger partial charge in [-0.1, -0.05) is 13.3 Å². The summed E-state index contributed by atoms with van der Waals surface area (Å²) in [5.74, 6) is 0. The fraction of sp³-hybridized carbons (Fsp3) is 1.00. The minimum absolute atomic E-state index is 0.199. The molecule has 0 aromatic rings. The van der Waals surface area contributed by atoms with Crippen molar-refractivity contribution in [2.45, 2.75) is 38.0 Å². The Labute approximate surface area is 134 Å². The van der Waals surface area contributed by atoms with Crippen LogP contribution >= 0.6 is 11.8 Å². The van der Waals surface area contributed by atoms with Gasteiger partial charge in [0.1, 0.15) is 0 Å². The van der Waals surface area contributed by atoms with Crippen LogP contribution in [0.1, 0.15) is 26.7 Å². The normalized spacial score (nSPS) is 14.3. The van der Waals surface area contributed by atoms with E-state index in [0.29, 0.717) is 33.0 Å². The lowest BCUT2D eigenvalue weighted by Gasteiger charge is -2.21. The van der Waals surface area contributed by atoms with E-state index in [-0.39, 0.29) is 17.9 Å². The molecule has 0 radical (unpaired) electrons. The summed E-state index contributed by atoms with van der Waals surface area (Å²) in [4.78, 5) is 0. The van der Waals surface area contributed by atoms with Crippen LogP contribution in [0.3, 0.4) is 0 Å². The Morgan fingerprint density at radius 1 is 1.00 bits per heavy atom. The second kappa shape index (κ2) is 16.5. The standard InChI is InChI=1S/C15H33NO4S/c1-4-5-7-18-9-11-20-12-10-19-8-6-16-14(2)15(13-17)21-3/h14-17H,4-13H2,1-3H3. The third kappa shape index (κ3) is 13.5. The zero-order valence-electron chi connectivity index (χ0n) is 13.8. The Hall–Kier alpha value is 0.150. The van der Waals surface area contributed by atoms with Crippen molar-refractivity contribution in [1.82, 2.24) is 5.32 Å². The van der Waals surface area contributed by atoms with Crippen molar-refractivity contribution in [3.8, 4) is 0 Å². The van der Waals surface area contributed by atoms with Crippen LogP contribution in [0.5, 0.6) is 0 Å². The molecule has 0 aromatic heterocycles. The Morgan fingerprint density at radius 2 is 1.57 bits per heavy atom. The quantitative estimate of drug-likeness (QED) is 0.420. The van der Waals surface area contributed by atoms with Gasteiger partial charge >= 0.3 is 0 Å². The van der Waals surface area contributed by atoms with E-state index in [0.717, 1.165) is 26.0 Å². The highest BCUT2D eigenvalue weighted by molar-refractivity contribution is 7.99. The van der Waals surface area contributed by atoms with Gasteiger partial charge in [-0.25, -0.2) is 0 Å². The minimum Gasteiger partial charge on any atom is -0.395 e. The maximum Gasteiger partial charge on any atom is 0.0701 e. The number of unbranched alkanes of at least 4 members (excludes halogenated alkanes) is 1. The number of ether oxygens (including phenoxy) is 3. The van der Waals surface area contributed by atoms with Gasteiger partial charge in [0.2, 0.25) is 0 Å². The van der Waals surface area contributed by atoms with Gasteiger partial charge in [-0.3, -0.25) is 0 Å². The molecule has 0 saturated heterocycles. The van der Waals surface area contributed by atoms with Crippen LogP contribution in [-0.4, -0.2) is 75.4 Å². The van der Waals surface area contributed by atoms with Crippen LogP contribution < -0.4 is 5.32 Å². The van der Waals surface area contributed by atoms with E-state index in [1.807, 2.05) is 6.26 Å². The van der Waals surface area contributed by atoms with E-state index < -0.39 is 0 Å². The highest BCUT2D eigenvalue weighted by Crippen LogP contribution is 2.09. The third-order valence-electron chi connectivity index (χ3n) is 3.14. The molecule has 0 bridgehead atoms. The third-order valence-corrected chi connectivity index (χ3v) is 4.30. The van der Waals surface area contributed by atoms with Crippen molar-refractivity contribution < 1.29 is 19.3 Å². The van der Waals surface area contributed by atoms with Crippen LogP contribution in [0.15, 0.2) is 0 Å². The summed E-state index contributed by atoms with van der Waals surface area (Å²) in [6.07, 6.45) is 4.29. The summed E-state index contributed by atoms with van der Waals surface area (Å²) in [5, 5.41) is 12.8. The van der Waals surface area contributed by atoms with Crippen molar-refractivity contribution in [3.63, 3.8) is 0 Å². The lowest BCUT2D eigenvalue weighted by molar-refractivity contribution is 0.0144. The molecule has 0 spiro atoms. The van der Waals surface area contributed by atoms with Gasteiger partial charge in [-0.05, 0) is 19.6 Å². The molecule has 5 nitrogen and oxygen atoms in total. The lowest BCUT2D eigenvalue weighted by Crippen LogP contribution is -2.39. The molecule has 0 aliphatic carbocycles. The van der Waals surface area contributed by atoms with E-state index in [9.17, 15) is 0 Å². The largest absolute Gasteiger partial charge is 0.395 e. The molecule has 2 unspecified atom stereocenters. The molecule has 0 heterocycles. The maximum absolute atomic E-state index is 9.17. The van der Waals surface area contributed by atoms with Gasteiger partial charge in [0.05, 0.1) is 39.6 Å². The van der Waals surface area contributed by atoms with E-state index in [2.05, 4.69) is 19.2 Å². The first-order valence-electron chi connectivity index (χ1n) is 7.86. The first-order valence-corrected chi connectivity index (χ1v) is 9.15. The van der Waals surface area contributed by atoms with Crippen molar-refractivity contribution in [2.75, 3.05) is 59.0 Å². The van der Waals surface area contributed by atoms with Crippen molar-refractivity contribution in [3.05, 3.63) is 0 Å². The first-order chi connectivity index (χ1) is 10.3. The smallest absolute Gasteiger partial charge is 0.0701 e. The Balaban J connectivity index is 3.18. The average Bonchev–Trinajstić information content (AvgIpc) is 2.49. The van der Waals surface area contributed by atoms with Gasteiger partial charge in [-0.15, -0.1) is 0 Å². The van der Waals surface area contributed by atoms with Crippen LogP contribution in [0.2, 0.25) is 0 Å². The topological polar surface area (TPSA) is 60.0 Å². The second-order valence-electron chi connectivity index (χ2n) is 4.89. The molecule has 0 amide bonds. The zero-order chi connectivity index (χ0) is 15.8. The molecule has 0 aliphatic heterocycles. The highest BCUT2D eigenvalue weighted by Gasteiger charge is 2.13. The number of thioether (sulfide) groups is 1. The zero-order valence-corrected chi connectivity index (χ0v) is 14.6. The van der Waals surface area contributed by atoms with Crippen LogP contribution in [0, 0.1) is 0 Å². The van der Waals surface area contributed by atoms with E-state index in [1.54, 1.807) is 11.8 Å². The number of rotatable bonds is 16. The molecule has 0 fully saturated rings. The number of hydrogen-bond donors (Lipinski definition) is 2. The second-order valence-corrected chi connectivity index (χ2v) is 5.97. The molecular weight excluding hydrogens is 290 g/mol. The molecule has 128 valence electrons. The van der Waals surface area contributed by atoms with Crippen LogP contribution in [0.25, 0.3) is 0 Å². The van der Waals surface area contributed by atoms with E-state index in [1.165, 1.54) is 0 Å². The summed E-state index contributed by atoms with van der Waals surface area (Å²) >= 11 is 1.68. The SMILES string of the molecule is CCCCOCCOCCOCCNC(C)C(CO)SC. The van der Waals surface area contributed by atoms with E-state index >= 15 is 0 Å². The van der Waals surface area contributed by atoms with Crippen LogP contribution in [0.4, 0.5) is 0 Å². The van der Waals surface area contributed by atoms with Gasteiger partial charge in [0, 0.05) is 24.4 Å². The fourth-order valence-electron chi connectivity index (χ4n) is 1.72. The van der Waals surface area contributed by atoms with E-state index in [4.69, 9.17) is 19.3 Å². The Kier molecular flexibility index (Phi) is 16.6. The Morgan fingerprint density at radius 3 is 2.10 bits per heavy atom. The highest BCUT2D eigenvalue weighted by atomic mass is 32.2. The number of aliphatic hydroxyl groups excluding tert-OH is 1. The van der Waals surface area contributed by atoms with Gasteiger partial charge in [0.25, 0.3) is 0 Å². The molecule has 0 aromatic carbocycles. The molecular formula is C15H33NO4S. The molecule has 0 saturated carbocycles. The van der Waals surface area contributed by atoms with Gasteiger partial charge in [0.15, 0.2) is 0 Å². The Bertz CT molecular complexity index is 206. The molecule has 2 atom stereocenters. The van der Waals surface area contributed by atoms with Crippen molar-refractivity contribution >= 4 is 11.8 Å². The summed E-state index contributed by atoms with van der Waals surface area (Å²) in [6, 6.07) is 0.283. The summed E-state index contributed by atoms with van der Waals surface area (Å²) in [7, 11) is 0. The summed E-state index contributed by atoms with van der Waals surface area (Å²) in [5.41, 5.74) is 0. The summed E-state index contributed by atoms with van der Waals surface area (Å²) in [6.45, 7) is 9.22. The van der Waals surface area contributed by atoms with Crippen molar-refractivity contribution in [2.24, 2.45) is 0 Å². The molecule has 0 aliphatic rings. The maximum atomic E-state index is 9.17. The fourth-order valence-corrected chi connectivity index (χ4v) is 2.37. The van der Waals surface area contributed by atoms with Crippen molar-refractivity contribution in [1.29, 1.82) is 0 Å². The average molecular weight is 323 g/mol. The number of nitrogens with one attached hydrogen (secondary N) is 1. The molecule has 6 heteroatoms. The molecule has 0 rings (SSSR count). The number of hydrogen-bond acceptors (Lipinski definition) is 6. The minimum atomic E-state index is 0.199. The molecule has 21 heavy (non-hydrogen) atoms.